The Labute approximate surface area is 199 Å². The van der Waals surface area contributed by atoms with E-state index in [1.54, 1.807) is 30.0 Å². The Hall–Kier alpha value is -1.69. The molecule has 0 aromatic heterocycles. The maximum Gasteiger partial charge on any atom is 0.242 e. The Morgan fingerprint density at radius 3 is 2.39 bits per heavy atom. The summed E-state index contributed by atoms with van der Waals surface area (Å²) in [4.78, 5) is 27.6. The standard InChI is InChI=1S/C24H30Cl2N2O2S/c1-16-8-6-7-9-19(16)14-31-15-22(29)28(17(2)23(30)27-24(3,4)5)13-18-10-11-20(25)12-21(18)26/h6-12,17H,13-15H2,1-5H3,(H,27,30). The molecule has 4 nitrogen and oxygen atoms in total. The number of hydrogen-bond acceptors (Lipinski definition) is 3. The minimum absolute atomic E-state index is 0.110. The number of hydrogen-bond donors (Lipinski definition) is 1. The normalized spacial score (nSPS) is 12.4. The first-order chi connectivity index (χ1) is 14.5. The molecule has 0 aliphatic rings. The summed E-state index contributed by atoms with van der Waals surface area (Å²) in [7, 11) is 0. The molecule has 0 fully saturated rings. The maximum absolute atomic E-state index is 13.2. The molecule has 2 aromatic rings. The SMILES string of the molecule is Cc1ccccc1CSCC(=O)N(Cc1ccc(Cl)cc1Cl)C(C)C(=O)NC(C)(C)C. The van der Waals surface area contributed by atoms with E-state index in [9.17, 15) is 9.59 Å². The predicted molar refractivity (Wildman–Crippen MR) is 132 cm³/mol. The average Bonchev–Trinajstić information content (AvgIpc) is 2.67. The van der Waals surface area contributed by atoms with Gasteiger partial charge in [-0.3, -0.25) is 9.59 Å². The highest BCUT2D eigenvalue weighted by Crippen LogP contribution is 2.24. The first-order valence-electron chi connectivity index (χ1n) is 10.2. The van der Waals surface area contributed by atoms with Gasteiger partial charge in [-0.25, -0.2) is 0 Å². The average molecular weight is 481 g/mol. The van der Waals surface area contributed by atoms with Gasteiger partial charge < -0.3 is 10.2 Å². The quantitative estimate of drug-likeness (QED) is 0.513. The van der Waals surface area contributed by atoms with Crippen LogP contribution in [0.1, 0.15) is 44.4 Å². The van der Waals surface area contributed by atoms with Crippen LogP contribution in [-0.2, 0) is 21.9 Å². The van der Waals surface area contributed by atoms with Crippen LogP contribution < -0.4 is 5.32 Å². The Morgan fingerprint density at radius 2 is 1.77 bits per heavy atom. The molecule has 0 heterocycles. The van der Waals surface area contributed by atoms with Crippen molar-refractivity contribution in [2.75, 3.05) is 5.75 Å². The topological polar surface area (TPSA) is 49.4 Å². The minimum atomic E-state index is -0.641. The highest BCUT2D eigenvalue weighted by Gasteiger charge is 2.28. The Kier molecular flexibility index (Phi) is 9.28. The fraction of sp³-hybridized carbons (Fsp3) is 0.417. The van der Waals surface area contributed by atoms with Crippen LogP contribution in [0.5, 0.6) is 0 Å². The van der Waals surface area contributed by atoms with Gasteiger partial charge in [-0.2, -0.15) is 0 Å². The van der Waals surface area contributed by atoms with Gasteiger partial charge in [0.1, 0.15) is 6.04 Å². The van der Waals surface area contributed by atoms with E-state index in [0.29, 0.717) is 10.0 Å². The first-order valence-corrected chi connectivity index (χ1v) is 12.1. The second-order valence-electron chi connectivity index (χ2n) is 8.59. The van der Waals surface area contributed by atoms with Crippen LogP contribution in [0.3, 0.4) is 0 Å². The van der Waals surface area contributed by atoms with Crippen molar-refractivity contribution in [1.82, 2.24) is 10.2 Å². The van der Waals surface area contributed by atoms with E-state index in [4.69, 9.17) is 23.2 Å². The smallest absolute Gasteiger partial charge is 0.242 e. The largest absolute Gasteiger partial charge is 0.350 e. The molecule has 168 valence electrons. The monoisotopic (exact) mass is 480 g/mol. The number of nitrogens with one attached hydrogen (secondary N) is 1. The molecule has 0 aliphatic carbocycles. The molecule has 0 aliphatic heterocycles. The van der Waals surface area contributed by atoms with Crippen LogP contribution in [0.15, 0.2) is 42.5 Å². The summed E-state index contributed by atoms with van der Waals surface area (Å²) in [6, 6.07) is 12.7. The number of carbonyl (C=O) groups excluding carboxylic acids is 2. The van der Waals surface area contributed by atoms with Gasteiger partial charge in [0.05, 0.1) is 5.75 Å². The van der Waals surface area contributed by atoms with E-state index in [1.165, 1.54) is 22.9 Å². The van der Waals surface area contributed by atoms with Crippen molar-refractivity contribution in [2.45, 2.75) is 58.5 Å². The second-order valence-corrected chi connectivity index (χ2v) is 10.4. The first kappa shape index (κ1) is 25.6. The van der Waals surface area contributed by atoms with E-state index in [2.05, 4.69) is 24.4 Å². The van der Waals surface area contributed by atoms with Crippen LogP contribution in [-0.4, -0.2) is 34.0 Å². The Bertz CT molecular complexity index is 928. The van der Waals surface area contributed by atoms with Crippen LogP contribution in [0.25, 0.3) is 0 Å². The molecule has 31 heavy (non-hydrogen) atoms. The number of nitrogens with zero attached hydrogens (tertiary/aromatic N) is 1. The van der Waals surface area contributed by atoms with Gasteiger partial charge in [0.2, 0.25) is 11.8 Å². The van der Waals surface area contributed by atoms with Crippen LogP contribution in [0.4, 0.5) is 0 Å². The van der Waals surface area contributed by atoms with Gasteiger partial charge in [-0.15, -0.1) is 11.8 Å². The number of halogens is 2. The predicted octanol–water partition coefficient (Wildman–Crippen LogP) is 5.87. The lowest BCUT2D eigenvalue weighted by atomic mass is 10.1. The number of rotatable bonds is 8. The zero-order valence-electron chi connectivity index (χ0n) is 18.7. The van der Waals surface area contributed by atoms with Crippen molar-refractivity contribution < 1.29 is 9.59 Å². The lowest BCUT2D eigenvalue weighted by Gasteiger charge is -2.31. The van der Waals surface area contributed by atoms with Gasteiger partial charge in [0.15, 0.2) is 0 Å². The molecule has 0 spiro atoms. The lowest BCUT2D eigenvalue weighted by molar-refractivity contribution is -0.139. The maximum atomic E-state index is 13.2. The van der Waals surface area contributed by atoms with Gasteiger partial charge >= 0.3 is 0 Å². The molecule has 0 saturated heterocycles. The van der Waals surface area contributed by atoms with Crippen molar-refractivity contribution in [2.24, 2.45) is 0 Å². The van der Waals surface area contributed by atoms with E-state index in [0.717, 1.165) is 11.3 Å². The van der Waals surface area contributed by atoms with Gasteiger partial charge in [0, 0.05) is 27.9 Å². The summed E-state index contributed by atoms with van der Waals surface area (Å²) < 4.78 is 0. The molecule has 1 unspecified atom stereocenters. The highest BCUT2D eigenvalue weighted by atomic mass is 35.5. The third-order valence-electron chi connectivity index (χ3n) is 4.77. The molecule has 2 aromatic carbocycles. The van der Waals surface area contributed by atoms with Gasteiger partial charge in [0.25, 0.3) is 0 Å². The summed E-state index contributed by atoms with van der Waals surface area (Å²) >= 11 is 13.9. The zero-order valence-corrected chi connectivity index (χ0v) is 21.0. The fourth-order valence-corrected chi connectivity index (χ4v) is 4.45. The van der Waals surface area contributed by atoms with Gasteiger partial charge in [-0.1, -0.05) is 53.5 Å². The van der Waals surface area contributed by atoms with Crippen molar-refractivity contribution in [1.29, 1.82) is 0 Å². The molecule has 1 atom stereocenters. The van der Waals surface area contributed by atoms with E-state index < -0.39 is 11.6 Å². The molecule has 0 bridgehead atoms. The molecular formula is C24H30Cl2N2O2S. The number of benzene rings is 2. The molecule has 2 amide bonds. The van der Waals surface area contributed by atoms with Gasteiger partial charge in [-0.05, 0) is 63.4 Å². The summed E-state index contributed by atoms with van der Waals surface area (Å²) in [5.41, 5.74) is 2.76. The molecule has 2 rings (SSSR count). The van der Waals surface area contributed by atoms with Crippen molar-refractivity contribution in [3.05, 3.63) is 69.2 Å². The van der Waals surface area contributed by atoms with Crippen molar-refractivity contribution >= 4 is 46.8 Å². The molecule has 0 radical (unpaired) electrons. The second kappa shape index (κ2) is 11.3. The van der Waals surface area contributed by atoms with Crippen molar-refractivity contribution in [3.63, 3.8) is 0 Å². The lowest BCUT2D eigenvalue weighted by Crippen LogP contribution is -2.52. The molecule has 0 saturated carbocycles. The summed E-state index contributed by atoms with van der Waals surface area (Å²) in [5.74, 6) is 0.694. The third kappa shape index (κ3) is 8.06. The summed E-state index contributed by atoms with van der Waals surface area (Å²) in [5, 5.41) is 3.96. The summed E-state index contributed by atoms with van der Waals surface area (Å²) in [6.07, 6.45) is 0. The van der Waals surface area contributed by atoms with Crippen LogP contribution in [0.2, 0.25) is 10.0 Å². The van der Waals surface area contributed by atoms with Crippen molar-refractivity contribution in [3.8, 4) is 0 Å². The molecular weight excluding hydrogens is 451 g/mol. The van der Waals surface area contributed by atoms with Crippen LogP contribution in [0, 0.1) is 6.92 Å². The molecule has 1 N–H and O–H groups in total. The Balaban J connectivity index is 2.16. The molecule has 7 heteroatoms. The number of carbonyl (C=O) groups is 2. The van der Waals surface area contributed by atoms with E-state index in [1.807, 2.05) is 32.9 Å². The number of thioether (sulfide) groups is 1. The zero-order chi connectivity index (χ0) is 23.2. The number of amides is 2. The summed E-state index contributed by atoms with van der Waals surface area (Å²) in [6.45, 7) is 9.78. The van der Waals surface area contributed by atoms with E-state index in [-0.39, 0.29) is 24.1 Å². The highest BCUT2D eigenvalue weighted by molar-refractivity contribution is 7.99. The number of aryl methyl sites for hydroxylation is 1. The minimum Gasteiger partial charge on any atom is -0.350 e. The Morgan fingerprint density at radius 1 is 1.10 bits per heavy atom. The van der Waals surface area contributed by atoms with Crippen LogP contribution >= 0.6 is 35.0 Å². The fourth-order valence-electron chi connectivity index (χ4n) is 2.99. The van der Waals surface area contributed by atoms with E-state index >= 15 is 0 Å². The third-order valence-corrected chi connectivity index (χ3v) is 6.32.